The highest BCUT2D eigenvalue weighted by Gasteiger charge is 2.12. The first-order valence-electron chi connectivity index (χ1n) is 5.56. The molecule has 0 bridgehead atoms. The molecule has 1 aromatic carbocycles. The first-order valence-corrected chi connectivity index (χ1v) is 5.56. The number of hydrogen-bond acceptors (Lipinski definition) is 3. The molecule has 5 nitrogen and oxygen atoms in total. The van der Waals surface area contributed by atoms with Crippen molar-refractivity contribution >= 4 is 16.9 Å². The minimum atomic E-state index is -0.158. The van der Waals surface area contributed by atoms with Gasteiger partial charge in [-0.3, -0.25) is 4.79 Å². The number of para-hydroxylation sites is 1. The average Bonchev–Trinajstić information content (AvgIpc) is 3.05. The van der Waals surface area contributed by atoms with E-state index < -0.39 is 0 Å². The van der Waals surface area contributed by atoms with E-state index in [0.717, 1.165) is 11.1 Å². The molecule has 0 aliphatic carbocycles. The second kappa shape index (κ2) is 4.37. The van der Waals surface area contributed by atoms with Crippen LogP contribution in [-0.2, 0) is 6.54 Å². The highest BCUT2D eigenvalue weighted by Crippen LogP contribution is 2.20. The molecule has 0 unspecified atom stereocenters. The van der Waals surface area contributed by atoms with E-state index in [1.807, 2.05) is 24.3 Å². The molecule has 3 rings (SSSR count). The first kappa shape index (κ1) is 10.6. The fourth-order valence-electron chi connectivity index (χ4n) is 1.81. The van der Waals surface area contributed by atoms with Crippen LogP contribution in [0.2, 0.25) is 0 Å². The number of fused-ring (bicyclic) bond motifs is 1. The SMILES string of the molecule is O=C(NCc1cnc[nH]1)c1coc2ccccc12. The molecule has 3 aromatic rings. The Balaban J connectivity index is 1.80. The zero-order valence-electron chi connectivity index (χ0n) is 9.51. The second-order valence-electron chi connectivity index (χ2n) is 3.91. The zero-order valence-corrected chi connectivity index (χ0v) is 9.51. The number of aromatic amines is 1. The number of amides is 1. The maximum Gasteiger partial charge on any atom is 0.255 e. The fourth-order valence-corrected chi connectivity index (χ4v) is 1.81. The molecule has 2 N–H and O–H groups in total. The van der Waals surface area contributed by atoms with Gasteiger partial charge in [-0.15, -0.1) is 0 Å². The number of nitrogens with zero attached hydrogens (tertiary/aromatic N) is 1. The molecule has 2 heterocycles. The minimum absolute atomic E-state index is 0.158. The van der Waals surface area contributed by atoms with Gasteiger partial charge in [0, 0.05) is 11.6 Å². The Morgan fingerprint density at radius 1 is 1.39 bits per heavy atom. The van der Waals surface area contributed by atoms with Crippen LogP contribution in [0.3, 0.4) is 0 Å². The minimum Gasteiger partial charge on any atom is -0.463 e. The number of nitrogens with one attached hydrogen (secondary N) is 2. The van der Waals surface area contributed by atoms with Gasteiger partial charge < -0.3 is 14.7 Å². The van der Waals surface area contributed by atoms with Crippen molar-refractivity contribution in [3.05, 3.63) is 54.3 Å². The van der Waals surface area contributed by atoms with Crippen LogP contribution in [0, 0.1) is 0 Å². The van der Waals surface area contributed by atoms with E-state index in [-0.39, 0.29) is 5.91 Å². The van der Waals surface area contributed by atoms with Crippen LogP contribution >= 0.6 is 0 Å². The van der Waals surface area contributed by atoms with Crippen LogP contribution in [0.15, 0.2) is 47.5 Å². The number of carbonyl (C=O) groups excluding carboxylic acids is 1. The number of hydrogen-bond donors (Lipinski definition) is 2. The van der Waals surface area contributed by atoms with E-state index in [2.05, 4.69) is 15.3 Å². The predicted molar refractivity (Wildman–Crippen MR) is 66.0 cm³/mol. The number of H-pyrrole nitrogens is 1. The summed E-state index contributed by atoms with van der Waals surface area (Å²) in [5.74, 6) is -0.158. The number of benzene rings is 1. The van der Waals surface area contributed by atoms with E-state index in [9.17, 15) is 4.79 Å². The molecular weight excluding hydrogens is 230 g/mol. The van der Waals surface area contributed by atoms with E-state index in [1.54, 1.807) is 12.5 Å². The molecule has 0 atom stereocenters. The quantitative estimate of drug-likeness (QED) is 0.737. The lowest BCUT2D eigenvalue weighted by molar-refractivity contribution is 0.0951. The summed E-state index contributed by atoms with van der Waals surface area (Å²) in [7, 11) is 0. The van der Waals surface area contributed by atoms with Crippen molar-refractivity contribution < 1.29 is 9.21 Å². The van der Waals surface area contributed by atoms with Gasteiger partial charge in [-0.05, 0) is 6.07 Å². The predicted octanol–water partition coefficient (Wildman–Crippen LogP) is 2.09. The van der Waals surface area contributed by atoms with Crippen LogP contribution in [0.1, 0.15) is 16.1 Å². The molecule has 0 fully saturated rings. The molecule has 0 saturated carbocycles. The van der Waals surface area contributed by atoms with Gasteiger partial charge in [0.2, 0.25) is 0 Å². The molecule has 18 heavy (non-hydrogen) atoms. The van der Waals surface area contributed by atoms with Gasteiger partial charge >= 0.3 is 0 Å². The molecular formula is C13H11N3O2. The van der Waals surface area contributed by atoms with Crippen molar-refractivity contribution in [1.29, 1.82) is 0 Å². The summed E-state index contributed by atoms with van der Waals surface area (Å²) in [6, 6.07) is 7.45. The van der Waals surface area contributed by atoms with Crippen LogP contribution < -0.4 is 5.32 Å². The van der Waals surface area contributed by atoms with E-state index >= 15 is 0 Å². The lowest BCUT2D eigenvalue weighted by Gasteiger charge is -2.01. The molecule has 0 saturated heterocycles. The monoisotopic (exact) mass is 241 g/mol. The Morgan fingerprint density at radius 3 is 3.11 bits per heavy atom. The third-order valence-corrected chi connectivity index (χ3v) is 2.72. The average molecular weight is 241 g/mol. The molecule has 0 aliphatic rings. The second-order valence-corrected chi connectivity index (χ2v) is 3.91. The Labute approximate surface area is 103 Å². The number of aromatic nitrogens is 2. The summed E-state index contributed by atoms with van der Waals surface area (Å²) in [5.41, 5.74) is 2.12. The normalized spacial score (nSPS) is 10.7. The summed E-state index contributed by atoms with van der Waals surface area (Å²) in [6.45, 7) is 0.415. The number of imidazole rings is 1. The van der Waals surface area contributed by atoms with Gasteiger partial charge in [0.25, 0.3) is 5.91 Å². The van der Waals surface area contributed by atoms with Gasteiger partial charge in [-0.1, -0.05) is 18.2 Å². The lowest BCUT2D eigenvalue weighted by atomic mass is 10.1. The highest BCUT2D eigenvalue weighted by atomic mass is 16.3. The van der Waals surface area contributed by atoms with Crippen molar-refractivity contribution in [3.63, 3.8) is 0 Å². The van der Waals surface area contributed by atoms with Gasteiger partial charge in [0.1, 0.15) is 11.8 Å². The first-order chi connectivity index (χ1) is 8.84. The highest BCUT2D eigenvalue weighted by molar-refractivity contribution is 6.05. The third-order valence-electron chi connectivity index (χ3n) is 2.72. The molecule has 2 aromatic heterocycles. The van der Waals surface area contributed by atoms with Crippen molar-refractivity contribution in [1.82, 2.24) is 15.3 Å². The summed E-state index contributed by atoms with van der Waals surface area (Å²) >= 11 is 0. The number of carbonyl (C=O) groups is 1. The van der Waals surface area contributed by atoms with Gasteiger partial charge in [-0.2, -0.15) is 0 Å². The number of furan rings is 1. The van der Waals surface area contributed by atoms with Crippen molar-refractivity contribution in [2.45, 2.75) is 6.54 Å². The third kappa shape index (κ3) is 1.86. The van der Waals surface area contributed by atoms with Gasteiger partial charge in [-0.25, -0.2) is 4.98 Å². The summed E-state index contributed by atoms with van der Waals surface area (Å²) in [6.07, 6.45) is 4.73. The molecule has 5 heteroatoms. The van der Waals surface area contributed by atoms with Gasteiger partial charge in [0.15, 0.2) is 0 Å². The van der Waals surface area contributed by atoms with Crippen LogP contribution in [0.4, 0.5) is 0 Å². The lowest BCUT2D eigenvalue weighted by Crippen LogP contribution is -2.22. The van der Waals surface area contributed by atoms with Crippen molar-refractivity contribution in [2.75, 3.05) is 0 Å². The Morgan fingerprint density at radius 2 is 2.28 bits per heavy atom. The van der Waals surface area contributed by atoms with Crippen LogP contribution in [-0.4, -0.2) is 15.9 Å². The topological polar surface area (TPSA) is 70.9 Å². The summed E-state index contributed by atoms with van der Waals surface area (Å²) < 4.78 is 5.33. The van der Waals surface area contributed by atoms with Crippen LogP contribution in [0.5, 0.6) is 0 Å². The molecule has 1 amide bonds. The fraction of sp³-hybridized carbons (Fsp3) is 0.0769. The zero-order chi connectivity index (χ0) is 12.4. The van der Waals surface area contributed by atoms with Gasteiger partial charge in [0.05, 0.1) is 24.1 Å². The largest absolute Gasteiger partial charge is 0.463 e. The molecule has 0 spiro atoms. The Kier molecular flexibility index (Phi) is 2.57. The molecule has 0 radical (unpaired) electrons. The van der Waals surface area contributed by atoms with Crippen molar-refractivity contribution in [2.24, 2.45) is 0 Å². The molecule has 0 aliphatic heterocycles. The summed E-state index contributed by atoms with van der Waals surface area (Å²) in [5, 5.41) is 3.63. The standard InChI is InChI=1S/C13H11N3O2/c17-13(15-6-9-5-14-8-16-9)11-7-18-12-4-2-1-3-10(11)12/h1-5,7-8H,6H2,(H,14,16)(H,15,17). The Bertz CT molecular complexity index is 670. The maximum atomic E-state index is 12.0. The van der Waals surface area contributed by atoms with E-state index in [4.69, 9.17) is 4.42 Å². The molecule has 90 valence electrons. The number of rotatable bonds is 3. The summed E-state index contributed by atoms with van der Waals surface area (Å²) in [4.78, 5) is 18.8. The maximum absolute atomic E-state index is 12.0. The van der Waals surface area contributed by atoms with E-state index in [0.29, 0.717) is 17.7 Å². The smallest absolute Gasteiger partial charge is 0.255 e. The van der Waals surface area contributed by atoms with E-state index in [1.165, 1.54) is 6.26 Å². The Hall–Kier alpha value is -2.56. The van der Waals surface area contributed by atoms with Crippen LogP contribution in [0.25, 0.3) is 11.0 Å². The van der Waals surface area contributed by atoms with Crippen molar-refractivity contribution in [3.8, 4) is 0 Å².